The van der Waals surface area contributed by atoms with Gasteiger partial charge in [-0.25, -0.2) is 4.90 Å². The monoisotopic (exact) mass is 387 g/mol. The minimum absolute atomic E-state index is 0.270. The predicted octanol–water partition coefficient (Wildman–Crippen LogP) is 2.30. The fourth-order valence-electron chi connectivity index (χ4n) is 5.22. The van der Waals surface area contributed by atoms with Crippen molar-refractivity contribution in [3.05, 3.63) is 70.9 Å². The van der Waals surface area contributed by atoms with Crippen LogP contribution in [0, 0.1) is 25.7 Å². The van der Waals surface area contributed by atoms with Crippen molar-refractivity contribution in [3.8, 4) is 0 Å². The maximum Gasteiger partial charge on any atom is 0.240 e. The lowest BCUT2D eigenvalue weighted by Gasteiger charge is -2.34. The Hall–Kier alpha value is -3.41. The third kappa shape index (κ3) is 2.38. The Balaban J connectivity index is 1.66. The number of carbonyl (C=O) groups is 3. The minimum Gasteiger partial charge on any atom is -0.368 e. The minimum atomic E-state index is -0.845. The molecular weight excluding hydrogens is 366 g/mol. The summed E-state index contributed by atoms with van der Waals surface area (Å²) in [4.78, 5) is 42.4. The summed E-state index contributed by atoms with van der Waals surface area (Å²) in [6.07, 6.45) is 3.70. The van der Waals surface area contributed by atoms with Gasteiger partial charge in [0.1, 0.15) is 6.04 Å². The van der Waals surface area contributed by atoms with Crippen LogP contribution in [0.25, 0.3) is 6.08 Å². The molecule has 29 heavy (non-hydrogen) atoms. The Morgan fingerprint density at radius 3 is 2.31 bits per heavy atom. The predicted molar refractivity (Wildman–Crippen MR) is 108 cm³/mol. The van der Waals surface area contributed by atoms with Crippen LogP contribution in [0.1, 0.15) is 28.3 Å². The number of rotatable bonds is 2. The molecular formula is C23H21N3O3. The zero-order valence-corrected chi connectivity index (χ0v) is 16.2. The average Bonchev–Trinajstić information content (AvgIpc) is 3.14. The zero-order valence-electron chi connectivity index (χ0n) is 16.2. The molecule has 2 N–H and O–H groups in total. The molecule has 0 aliphatic carbocycles. The molecule has 146 valence electrons. The van der Waals surface area contributed by atoms with Gasteiger partial charge in [0, 0.05) is 6.20 Å². The van der Waals surface area contributed by atoms with Crippen molar-refractivity contribution in [3.63, 3.8) is 0 Å². The van der Waals surface area contributed by atoms with Crippen LogP contribution in [0.3, 0.4) is 0 Å². The molecule has 6 nitrogen and oxygen atoms in total. The maximum atomic E-state index is 13.6. The van der Waals surface area contributed by atoms with Crippen LogP contribution >= 0.6 is 0 Å². The summed E-state index contributed by atoms with van der Waals surface area (Å²) in [5, 5.41) is 0. The molecule has 2 saturated heterocycles. The van der Waals surface area contributed by atoms with Gasteiger partial charge in [0.2, 0.25) is 17.7 Å². The Morgan fingerprint density at radius 1 is 0.966 bits per heavy atom. The summed E-state index contributed by atoms with van der Waals surface area (Å²) < 4.78 is 0. The van der Waals surface area contributed by atoms with Crippen LogP contribution in [0.2, 0.25) is 0 Å². The molecule has 2 fully saturated rings. The summed E-state index contributed by atoms with van der Waals surface area (Å²) in [5.41, 5.74) is 10.1. The van der Waals surface area contributed by atoms with Crippen molar-refractivity contribution in [2.75, 3.05) is 4.90 Å². The fraction of sp³-hybridized carbons (Fsp3) is 0.261. The first-order chi connectivity index (χ1) is 13.9. The number of fused-ring (bicyclic) bond motifs is 5. The number of amides is 3. The molecule has 3 aliphatic rings. The number of hydrogen-bond acceptors (Lipinski definition) is 4. The largest absolute Gasteiger partial charge is 0.368 e. The van der Waals surface area contributed by atoms with Crippen molar-refractivity contribution in [1.82, 2.24) is 4.90 Å². The van der Waals surface area contributed by atoms with E-state index in [2.05, 4.69) is 0 Å². The summed E-state index contributed by atoms with van der Waals surface area (Å²) >= 11 is 0. The van der Waals surface area contributed by atoms with Crippen LogP contribution in [0.4, 0.5) is 5.69 Å². The van der Waals surface area contributed by atoms with Gasteiger partial charge < -0.3 is 10.6 Å². The Morgan fingerprint density at radius 2 is 1.62 bits per heavy atom. The number of anilines is 1. The van der Waals surface area contributed by atoms with Crippen LogP contribution < -0.4 is 10.6 Å². The Bertz CT molecular complexity index is 1090. The van der Waals surface area contributed by atoms with E-state index >= 15 is 0 Å². The van der Waals surface area contributed by atoms with Crippen molar-refractivity contribution in [1.29, 1.82) is 0 Å². The SMILES string of the molecule is Cc1cc(C)cc(N2C(=O)[C@@H]3[C@H](C2=O)[C@@H]2c4ccccc4C=CN2[C@H]3C(N)=O)c1. The second kappa shape index (κ2) is 6.04. The van der Waals surface area contributed by atoms with E-state index in [4.69, 9.17) is 5.73 Å². The fourth-order valence-corrected chi connectivity index (χ4v) is 5.22. The highest BCUT2D eigenvalue weighted by Gasteiger charge is 2.64. The molecule has 2 aromatic carbocycles. The van der Waals surface area contributed by atoms with Gasteiger partial charge in [-0.05, 0) is 54.3 Å². The summed E-state index contributed by atoms with van der Waals surface area (Å²) in [7, 11) is 0. The second-order valence-corrected chi connectivity index (χ2v) is 8.09. The van der Waals surface area contributed by atoms with Gasteiger partial charge in [0.05, 0.1) is 23.6 Å². The van der Waals surface area contributed by atoms with Gasteiger partial charge >= 0.3 is 0 Å². The lowest BCUT2D eigenvalue weighted by atomic mass is 9.84. The zero-order chi connectivity index (χ0) is 20.4. The summed E-state index contributed by atoms with van der Waals surface area (Å²) in [6.45, 7) is 3.86. The topological polar surface area (TPSA) is 83.7 Å². The van der Waals surface area contributed by atoms with Crippen LogP contribution in [-0.2, 0) is 14.4 Å². The molecule has 3 amide bonds. The molecule has 5 rings (SSSR count). The van der Waals surface area contributed by atoms with Crippen molar-refractivity contribution in [2.24, 2.45) is 17.6 Å². The molecule has 3 heterocycles. The highest BCUT2D eigenvalue weighted by molar-refractivity contribution is 6.24. The summed E-state index contributed by atoms with van der Waals surface area (Å²) in [6, 6.07) is 12.2. The third-order valence-corrected chi connectivity index (χ3v) is 6.22. The molecule has 0 radical (unpaired) electrons. The van der Waals surface area contributed by atoms with Gasteiger partial charge in [-0.15, -0.1) is 0 Å². The molecule has 0 bridgehead atoms. The van der Waals surface area contributed by atoms with Crippen molar-refractivity contribution in [2.45, 2.75) is 25.9 Å². The molecule has 3 aliphatic heterocycles. The quantitative estimate of drug-likeness (QED) is 0.802. The van der Waals surface area contributed by atoms with E-state index in [0.717, 1.165) is 22.3 Å². The number of nitrogens with two attached hydrogens (primary N) is 1. The van der Waals surface area contributed by atoms with Gasteiger partial charge in [0.25, 0.3) is 0 Å². The normalized spacial score (nSPS) is 27.1. The maximum absolute atomic E-state index is 13.6. The first-order valence-electron chi connectivity index (χ1n) is 9.68. The number of primary amides is 1. The van der Waals surface area contributed by atoms with Crippen LogP contribution in [0.15, 0.2) is 48.7 Å². The molecule has 0 unspecified atom stereocenters. The van der Waals surface area contributed by atoms with Crippen LogP contribution in [0.5, 0.6) is 0 Å². The van der Waals surface area contributed by atoms with E-state index in [1.165, 1.54) is 4.90 Å². The number of benzene rings is 2. The van der Waals surface area contributed by atoms with Gasteiger partial charge in [-0.2, -0.15) is 0 Å². The number of nitrogens with zero attached hydrogens (tertiary/aromatic N) is 2. The van der Waals surface area contributed by atoms with Crippen molar-refractivity contribution >= 4 is 29.5 Å². The van der Waals surface area contributed by atoms with Crippen LogP contribution in [-0.4, -0.2) is 28.7 Å². The van der Waals surface area contributed by atoms with Gasteiger partial charge in [-0.3, -0.25) is 14.4 Å². The van der Waals surface area contributed by atoms with E-state index in [0.29, 0.717) is 5.69 Å². The number of carbonyl (C=O) groups excluding carboxylic acids is 3. The highest BCUT2D eigenvalue weighted by atomic mass is 16.2. The second-order valence-electron chi connectivity index (χ2n) is 8.09. The Labute approximate surface area is 168 Å². The average molecular weight is 387 g/mol. The third-order valence-electron chi connectivity index (χ3n) is 6.22. The first kappa shape index (κ1) is 17.7. The number of hydrogen-bond donors (Lipinski definition) is 1. The van der Waals surface area contributed by atoms with Gasteiger partial charge in [0.15, 0.2) is 0 Å². The van der Waals surface area contributed by atoms with E-state index in [-0.39, 0.29) is 17.9 Å². The molecule has 0 spiro atoms. The van der Waals surface area contributed by atoms with E-state index in [9.17, 15) is 14.4 Å². The van der Waals surface area contributed by atoms with Crippen molar-refractivity contribution < 1.29 is 14.4 Å². The molecule has 4 atom stereocenters. The summed E-state index contributed by atoms with van der Waals surface area (Å²) in [5.74, 6) is -2.65. The lowest BCUT2D eigenvalue weighted by Crippen LogP contribution is -2.46. The molecule has 6 heteroatoms. The Kier molecular flexibility index (Phi) is 3.68. The first-order valence-corrected chi connectivity index (χ1v) is 9.68. The van der Waals surface area contributed by atoms with E-state index in [1.54, 1.807) is 11.1 Å². The molecule has 0 saturated carbocycles. The highest BCUT2D eigenvalue weighted by Crippen LogP contribution is 2.53. The smallest absolute Gasteiger partial charge is 0.240 e. The van der Waals surface area contributed by atoms with E-state index < -0.39 is 23.8 Å². The molecule has 2 aromatic rings. The van der Waals surface area contributed by atoms with Gasteiger partial charge in [-0.1, -0.05) is 30.3 Å². The van der Waals surface area contributed by atoms with E-state index in [1.807, 2.05) is 62.4 Å². The standard InChI is InChI=1S/C23H21N3O3/c1-12-9-13(2)11-15(10-12)26-22(28)17-18(23(26)29)20(21(24)27)25-8-7-14-5-3-4-6-16(14)19(17)25/h3-11,17-20H,1-2H3,(H2,24,27)/t17-,18+,19-,20+/m0/s1. The molecule has 0 aromatic heterocycles. The number of aryl methyl sites for hydroxylation is 2. The lowest BCUT2D eigenvalue weighted by molar-refractivity contribution is -0.129. The number of imide groups is 1.